The highest BCUT2D eigenvalue weighted by Gasteiger charge is 2.39. The molecule has 1 fully saturated rings. The summed E-state index contributed by atoms with van der Waals surface area (Å²) in [6, 6.07) is 0. The number of hydrogen-bond donors (Lipinski definition) is 3. The number of hydrogen-bond acceptors (Lipinski definition) is 5. The minimum absolute atomic E-state index is 0.0366. The number of allylic oxidation sites excluding steroid dienone is 2. The maximum Gasteiger partial charge on any atom is 0.158 e. The van der Waals surface area contributed by atoms with Crippen molar-refractivity contribution in [2.24, 2.45) is 11.8 Å². The molecule has 5 atom stereocenters. The Bertz CT molecular complexity index is 460. The van der Waals surface area contributed by atoms with Gasteiger partial charge in [0.25, 0.3) is 0 Å². The topological polar surface area (TPSA) is 87.0 Å². The summed E-state index contributed by atoms with van der Waals surface area (Å²) in [4.78, 5) is 11.4. The Morgan fingerprint density at radius 3 is 2.67 bits per heavy atom. The molecule has 27 heavy (non-hydrogen) atoms. The van der Waals surface area contributed by atoms with Crippen molar-refractivity contribution in [3.8, 4) is 0 Å². The second-order valence-electron chi connectivity index (χ2n) is 7.63. The number of Topliss-reactive ketones (excluding diaryl/α,β-unsaturated/α-hetero) is 1. The smallest absolute Gasteiger partial charge is 0.158 e. The third-order valence-electron chi connectivity index (χ3n) is 5.28. The summed E-state index contributed by atoms with van der Waals surface area (Å²) in [6.07, 6.45) is 13.3. The monoisotopic (exact) mass is 382 g/mol. The van der Waals surface area contributed by atoms with Gasteiger partial charge in [-0.05, 0) is 31.6 Å². The number of aliphatic hydroxyl groups is 3. The van der Waals surface area contributed by atoms with Gasteiger partial charge in [0.05, 0.1) is 18.3 Å². The van der Waals surface area contributed by atoms with E-state index in [1.807, 2.05) is 18.2 Å². The molecule has 0 aromatic rings. The SMILES string of the molecule is CCCCCC(O)/C=C/C1C(O)CC(O)C1C/C=C/CCCC(=O)COC. The van der Waals surface area contributed by atoms with Gasteiger partial charge in [-0.1, -0.05) is 50.5 Å². The number of unbranched alkanes of at least 4 members (excludes halogenated alkanes) is 3. The van der Waals surface area contributed by atoms with Gasteiger partial charge in [0, 0.05) is 25.9 Å². The Morgan fingerprint density at radius 2 is 1.96 bits per heavy atom. The quantitative estimate of drug-likeness (QED) is 0.317. The van der Waals surface area contributed by atoms with E-state index in [0.717, 1.165) is 38.5 Å². The van der Waals surface area contributed by atoms with E-state index in [1.54, 1.807) is 6.08 Å². The summed E-state index contributed by atoms with van der Waals surface area (Å²) < 4.78 is 4.81. The molecule has 0 amide bonds. The van der Waals surface area contributed by atoms with Gasteiger partial charge >= 0.3 is 0 Å². The van der Waals surface area contributed by atoms with Crippen molar-refractivity contribution >= 4 is 5.78 Å². The average Bonchev–Trinajstić information content (AvgIpc) is 2.89. The first-order chi connectivity index (χ1) is 13.0. The molecule has 0 aliphatic heterocycles. The van der Waals surface area contributed by atoms with Crippen LogP contribution in [0.5, 0.6) is 0 Å². The summed E-state index contributed by atoms with van der Waals surface area (Å²) in [5.41, 5.74) is 0. The fourth-order valence-electron chi connectivity index (χ4n) is 3.68. The molecule has 1 aliphatic rings. The first kappa shape index (κ1) is 24.0. The Kier molecular flexibility index (Phi) is 12.5. The molecule has 0 radical (unpaired) electrons. The third kappa shape index (κ3) is 9.65. The fraction of sp³-hybridized carbons (Fsp3) is 0.773. The van der Waals surface area contributed by atoms with Crippen LogP contribution < -0.4 is 0 Å². The zero-order valence-electron chi connectivity index (χ0n) is 16.9. The van der Waals surface area contributed by atoms with Gasteiger partial charge < -0.3 is 20.1 Å². The van der Waals surface area contributed by atoms with Crippen LogP contribution in [0.2, 0.25) is 0 Å². The summed E-state index contributed by atoms with van der Waals surface area (Å²) in [7, 11) is 1.52. The van der Waals surface area contributed by atoms with Gasteiger partial charge in [-0.2, -0.15) is 0 Å². The molecule has 1 aliphatic carbocycles. The second kappa shape index (κ2) is 14.1. The molecule has 156 valence electrons. The van der Waals surface area contributed by atoms with Crippen molar-refractivity contribution in [3.63, 3.8) is 0 Å². The van der Waals surface area contributed by atoms with E-state index in [9.17, 15) is 20.1 Å². The van der Waals surface area contributed by atoms with Gasteiger partial charge in [0.2, 0.25) is 0 Å². The molecule has 0 aromatic carbocycles. The van der Waals surface area contributed by atoms with E-state index >= 15 is 0 Å². The predicted octanol–water partition coefficient (Wildman–Crippen LogP) is 3.17. The van der Waals surface area contributed by atoms with Gasteiger partial charge in [-0.15, -0.1) is 0 Å². The van der Waals surface area contributed by atoms with E-state index in [4.69, 9.17) is 4.74 Å². The van der Waals surface area contributed by atoms with Crippen molar-refractivity contribution < 1.29 is 24.9 Å². The molecule has 3 N–H and O–H groups in total. The van der Waals surface area contributed by atoms with Crippen molar-refractivity contribution in [2.45, 2.75) is 83.0 Å². The lowest BCUT2D eigenvalue weighted by molar-refractivity contribution is -0.122. The lowest BCUT2D eigenvalue weighted by Gasteiger charge is -2.19. The van der Waals surface area contributed by atoms with Crippen LogP contribution >= 0.6 is 0 Å². The number of rotatable bonds is 14. The molecule has 0 saturated heterocycles. The second-order valence-corrected chi connectivity index (χ2v) is 7.63. The van der Waals surface area contributed by atoms with Gasteiger partial charge in [0.15, 0.2) is 5.78 Å². The number of carbonyl (C=O) groups is 1. The zero-order valence-corrected chi connectivity index (χ0v) is 16.9. The van der Waals surface area contributed by atoms with Crippen LogP contribution in [-0.4, -0.2) is 53.1 Å². The van der Waals surface area contributed by atoms with E-state index < -0.39 is 18.3 Å². The van der Waals surface area contributed by atoms with Crippen LogP contribution in [0, 0.1) is 11.8 Å². The molecule has 5 nitrogen and oxygen atoms in total. The molecule has 1 rings (SSSR count). The van der Waals surface area contributed by atoms with Gasteiger partial charge in [-0.25, -0.2) is 0 Å². The first-order valence-corrected chi connectivity index (χ1v) is 10.4. The Morgan fingerprint density at radius 1 is 1.19 bits per heavy atom. The maximum atomic E-state index is 11.4. The van der Waals surface area contributed by atoms with E-state index in [0.29, 0.717) is 19.3 Å². The molecule has 0 heterocycles. The van der Waals surface area contributed by atoms with Gasteiger partial charge in [0.1, 0.15) is 6.61 Å². The minimum atomic E-state index is -0.566. The van der Waals surface area contributed by atoms with Crippen molar-refractivity contribution in [3.05, 3.63) is 24.3 Å². The molecule has 0 spiro atoms. The molecule has 5 heteroatoms. The van der Waals surface area contributed by atoms with Crippen LogP contribution in [-0.2, 0) is 9.53 Å². The largest absolute Gasteiger partial charge is 0.393 e. The standard InChI is InChI=1S/C22H38O5/c1-3-4-7-10-17(23)13-14-20-19(21(25)15-22(20)26)12-9-6-5-8-11-18(24)16-27-2/h6,9,13-14,17,19-23,25-26H,3-5,7-8,10-12,15-16H2,1-2H3/b9-6+,14-13+. The summed E-state index contributed by atoms with van der Waals surface area (Å²) in [5, 5.41) is 30.5. The molecular formula is C22H38O5. The normalized spacial score (nSPS) is 27.0. The van der Waals surface area contributed by atoms with Crippen LogP contribution in [0.3, 0.4) is 0 Å². The van der Waals surface area contributed by atoms with Crippen molar-refractivity contribution in [1.29, 1.82) is 0 Å². The molecule has 0 aromatic heterocycles. The maximum absolute atomic E-state index is 11.4. The Balaban J connectivity index is 2.42. The molecule has 1 saturated carbocycles. The number of ether oxygens (including phenoxy) is 1. The van der Waals surface area contributed by atoms with E-state index in [1.165, 1.54) is 7.11 Å². The van der Waals surface area contributed by atoms with Crippen LogP contribution in [0.25, 0.3) is 0 Å². The molecule has 5 unspecified atom stereocenters. The lowest BCUT2D eigenvalue weighted by Crippen LogP contribution is -2.20. The summed E-state index contributed by atoms with van der Waals surface area (Å²) in [5.74, 6) is -0.0536. The average molecular weight is 383 g/mol. The Hall–Kier alpha value is -1.01. The highest BCUT2D eigenvalue weighted by molar-refractivity contribution is 5.79. The highest BCUT2D eigenvalue weighted by atomic mass is 16.5. The summed E-state index contributed by atoms with van der Waals surface area (Å²) in [6.45, 7) is 2.31. The first-order valence-electron chi connectivity index (χ1n) is 10.4. The molecule has 0 bridgehead atoms. The predicted molar refractivity (Wildman–Crippen MR) is 107 cm³/mol. The molecular weight excluding hydrogens is 344 g/mol. The number of ketones is 1. The van der Waals surface area contributed by atoms with Crippen LogP contribution in [0.1, 0.15) is 64.7 Å². The number of methoxy groups -OCH3 is 1. The van der Waals surface area contributed by atoms with Crippen LogP contribution in [0.4, 0.5) is 0 Å². The summed E-state index contributed by atoms with van der Waals surface area (Å²) >= 11 is 0. The Labute approximate surface area is 164 Å². The number of aliphatic hydroxyl groups excluding tert-OH is 3. The van der Waals surface area contributed by atoms with E-state index in [2.05, 4.69) is 6.92 Å². The van der Waals surface area contributed by atoms with Crippen molar-refractivity contribution in [2.75, 3.05) is 13.7 Å². The van der Waals surface area contributed by atoms with Gasteiger partial charge in [-0.3, -0.25) is 4.79 Å². The fourth-order valence-corrected chi connectivity index (χ4v) is 3.68. The lowest BCUT2D eigenvalue weighted by atomic mass is 9.89. The minimum Gasteiger partial charge on any atom is -0.393 e. The van der Waals surface area contributed by atoms with Crippen molar-refractivity contribution in [1.82, 2.24) is 0 Å². The third-order valence-corrected chi connectivity index (χ3v) is 5.28. The zero-order chi connectivity index (χ0) is 20.1. The highest BCUT2D eigenvalue weighted by Crippen LogP contribution is 2.36. The van der Waals surface area contributed by atoms with Crippen LogP contribution in [0.15, 0.2) is 24.3 Å². The number of carbonyl (C=O) groups excluding carboxylic acids is 1. The van der Waals surface area contributed by atoms with E-state index in [-0.39, 0.29) is 24.2 Å².